The van der Waals surface area contributed by atoms with Crippen molar-refractivity contribution >= 4 is 11.3 Å². The Kier molecular flexibility index (Phi) is 3.66. The first kappa shape index (κ1) is 12.9. The van der Waals surface area contributed by atoms with Gasteiger partial charge in [0, 0.05) is 12.1 Å². The third-order valence-corrected chi connectivity index (χ3v) is 2.85. The molecule has 5 heteroatoms. The molecule has 0 saturated carbocycles. The molecule has 2 heterocycles. The lowest BCUT2D eigenvalue weighted by molar-refractivity contribution is 0.471. The molecule has 0 aromatic carbocycles. The fourth-order valence-corrected chi connectivity index (χ4v) is 1.81. The van der Waals surface area contributed by atoms with Crippen LogP contribution in [0.25, 0.3) is 5.52 Å². The summed E-state index contributed by atoms with van der Waals surface area (Å²) in [5.41, 5.74) is 2.51. The largest absolute Gasteiger partial charge is 0.506 e. The van der Waals surface area contributed by atoms with E-state index in [4.69, 9.17) is 0 Å². The van der Waals surface area contributed by atoms with Crippen LogP contribution in [0.4, 0.5) is 5.82 Å². The number of fused-ring (bicyclic) bond motifs is 1. The highest BCUT2D eigenvalue weighted by Gasteiger charge is 2.11. The van der Waals surface area contributed by atoms with Gasteiger partial charge in [-0.3, -0.25) is 0 Å². The van der Waals surface area contributed by atoms with Crippen molar-refractivity contribution in [3.63, 3.8) is 0 Å². The van der Waals surface area contributed by atoms with Crippen LogP contribution in [0.15, 0.2) is 49.5 Å². The third kappa shape index (κ3) is 2.49. The number of aryl methyl sites for hydroxylation is 1. The Morgan fingerprint density at radius 1 is 1.53 bits per heavy atom. The molecule has 2 rings (SSSR count). The van der Waals surface area contributed by atoms with Crippen LogP contribution in [0.2, 0.25) is 0 Å². The summed E-state index contributed by atoms with van der Waals surface area (Å²) in [5, 5.41) is 17.0. The number of nitrogens with zero attached hydrogens (tertiary/aromatic N) is 3. The minimum atomic E-state index is 0.203. The van der Waals surface area contributed by atoms with Crippen LogP contribution < -0.4 is 5.32 Å². The van der Waals surface area contributed by atoms with Crippen molar-refractivity contribution in [2.24, 2.45) is 0 Å². The molecule has 98 valence electrons. The summed E-state index contributed by atoms with van der Waals surface area (Å²) in [6.45, 7) is 9.80. The SMILES string of the molecule is C=C/C=C(\C=C)CNc1ncnn2cc(O)c(C)c12. The molecule has 0 spiro atoms. The quantitative estimate of drug-likeness (QED) is 0.807. The number of aromatic nitrogens is 3. The number of rotatable bonds is 5. The Labute approximate surface area is 111 Å². The van der Waals surface area contributed by atoms with Crippen LogP contribution >= 0.6 is 0 Å². The molecule has 5 nitrogen and oxygen atoms in total. The Hall–Kier alpha value is -2.56. The summed E-state index contributed by atoms with van der Waals surface area (Å²) in [6, 6.07) is 0. The summed E-state index contributed by atoms with van der Waals surface area (Å²) in [5.74, 6) is 0.874. The van der Waals surface area contributed by atoms with Crippen molar-refractivity contribution in [3.05, 3.63) is 55.0 Å². The lowest BCUT2D eigenvalue weighted by Crippen LogP contribution is -2.07. The highest BCUT2D eigenvalue weighted by Crippen LogP contribution is 2.26. The predicted octanol–water partition coefficient (Wildman–Crippen LogP) is 2.45. The molecule has 2 aromatic rings. The topological polar surface area (TPSA) is 62.5 Å². The van der Waals surface area contributed by atoms with Crippen molar-refractivity contribution < 1.29 is 5.11 Å². The van der Waals surface area contributed by atoms with E-state index in [0.717, 1.165) is 16.7 Å². The Bertz CT molecular complexity index is 655. The fourth-order valence-electron chi connectivity index (χ4n) is 1.81. The van der Waals surface area contributed by atoms with Gasteiger partial charge >= 0.3 is 0 Å². The van der Waals surface area contributed by atoms with E-state index < -0.39 is 0 Å². The molecular weight excluding hydrogens is 240 g/mol. The van der Waals surface area contributed by atoms with Crippen molar-refractivity contribution in [1.29, 1.82) is 0 Å². The number of nitrogens with one attached hydrogen (secondary N) is 1. The zero-order chi connectivity index (χ0) is 13.8. The maximum absolute atomic E-state index is 9.72. The zero-order valence-corrected chi connectivity index (χ0v) is 10.8. The van der Waals surface area contributed by atoms with Crippen LogP contribution in [0.5, 0.6) is 5.75 Å². The average Bonchev–Trinajstić information content (AvgIpc) is 2.71. The molecule has 0 amide bonds. The van der Waals surface area contributed by atoms with Crippen molar-refractivity contribution in [1.82, 2.24) is 14.6 Å². The molecule has 0 atom stereocenters. The van der Waals surface area contributed by atoms with Gasteiger partial charge in [-0.15, -0.1) is 0 Å². The van der Waals surface area contributed by atoms with Crippen LogP contribution in [-0.4, -0.2) is 26.2 Å². The van der Waals surface area contributed by atoms with Crippen molar-refractivity contribution in [3.8, 4) is 5.75 Å². The van der Waals surface area contributed by atoms with E-state index in [1.807, 2.05) is 13.0 Å². The second-order valence-electron chi connectivity index (χ2n) is 4.08. The summed E-state index contributed by atoms with van der Waals surface area (Å²) >= 11 is 0. The van der Waals surface area contributed by atoms with Gasteiger partial charge in [0.25, 0.3) is 0 Å². The fraction of sp³-hybridized carbons (Fsp3) is 0.143. The number of allylic oxidation sites excluding steroid dienone is 2. The molecular formula is C14H16N4O. The first-order valence-corrected chi connectivity index (χ1v) is 5.87. The van der Waals surface area contributed by atoms with E-state index in [0.29, 0.717) is 12.4 Å². The minimum absolute atomic E-state index is 0.203. The molecule has 0 fully saturated rings. The molecule has 2 aromatic heterocycles. The molecule has 0 aliphatic carbocycles. The van der Waals surface area contributed by atoms with Crippen LogP contribution in [0, 0.1) is 6.92 Å². The first-order valence-electron chi connectivity index (χ1n) is 5.87. The maximum Gasteiger partial charge on any atom is 0.154 e. The van der Waals surface area contributed by atoms with E-state index in [1.165, 1.54) is 6.33 Å². The normalized spacial score (nSPS) is 11.5. The van der Waals surface area contributed by atoms with Gasteiger partial charge in [-0.2, -0.15) is 5.10 Å². The number of hydrogen-bond donors (Lipinski definition) is 2. The van der Waals surface area contributed by atoms with E-state index >= 15 is 0 Å². The van der Waals surface area contributed by atoms with E-state index in [-0.39, 0.29) is 5.75 Å². The van der Waals surface area contributed by atoms with Crippen LogP contribution in [-0.2, 0) is 0 Å². The highest BCUT2D eigenvalue weighted by atomic mass is 16.3. The van der Waals surface area contributed by atoms with Crippen LogP contribution in [0.3, 0.4) is 0 Å². The van der Waals surface area contributed by atoms with Gasteiger partial charge in [0.15, 0.2) is 5.82 Å². The molecule has 0 bridgehead atoms. The molecule has 2 N–H and O–H groups in total. The molecule has 0 radical (unpaired) electrons. The summed E-state index contributed by atoms with van der Waals surface area (Å²) in [6.07, 6.45) is 8.35. The van der Waals surface area contributed by atoms with E-state index in [9.17, 15) is 5.11 Å². The molecule has 0 unspecified atom stereocenters. The smallest absolute Gasteiger partial charge is 0.154 e. The summed E-state index contributed by atoms with van der Waals surface area (Å²) < 4.78 is 1.60. The molecule has 19 heavy (non-hydrogen) atoms. The van der Waals surface area contributed by atoms with Gasteiger partial charge in [0.2, 0.25) is 0 Å². The van der Waals surface area contributed by atoms with Crippen molar-refractivity contribution in [2.45, 2.75) is 6.92 Å². The number of hydrogen-bond acceptors (Lipinski definition) is 4. The van der Waals surface area contributed by atoms with Gasteiger partial charge in [0.1, 0.15) is 17.6 Å². The third-order valence-electron chi connectivity index (χ3n) is 2.85. The standard InChI is InChI=1S/C14H16N4O/c1-4-6-11(5-2)7-15-14-13-10(3)12(19)8-18(13)17-9-16-14/h4-6,8-9,19H,1-2,7H2,3H3,(H,15,16,17)/b11-6+. The number of anilines is 1. The van der Waals surface area contributed by atoms with Crippen molar-refractivity contribution in [2.75, 3.05) is 11.9 Å². The van der Waals surface area contributed by atoms with Crippen LogP contribution in [0.1, 0.15) is 5.56 Å². The maximum atomic E-state index is 9.72. The summed E-state index contributed by atoms with van der Waals surface area (Å²) in [4.78, 5) is 4.21. The van der Waals surface area contributed by atoms with Gasteiger partial charge < -0.3 is 10.4 Å². The Balaban J connectivity index is 2.33. The monoisotopic (exact) mass is 256 g/mol. The zero-order valence-electron chi connectivity index (χ0n) is 10.8. The van der Waals surface area contributed by atoms with Gasteiger partial charge in [-0.25, -0.2) is 9.50 Å². The van der Waals surface area contributed by atoms with Gasteiger partial charge in [-0.05, 0) is 12.5 Å². The van der Waals surface area contributed by atoms with E-state index in [1.54, 1.807) is 22.9 Å². The second-order valence-corrected chi connectivity index (χ2v) is 4.08. The first-order chi connectivity index (χ1) is 9.17. The summed E-state index contributed by atoms with van der Waals surface area (Å²) in [7, 11) is 0. The lowest BCUT2D eigenvalue weighted by atomic mass is 10.2. The molecule has 0 saturated heterocycles. The minimum Gasteiger partial charge on any atom is -0.506 e. The van der Waals surface area contributed by atoms with Gasteiger partial charge in [-0.1, -0.05) is 31.4 Å². The Morgan fingerprint density at radius 3 is 3.00 bits per heavy atom. The second kappa shape index (κ2) is 5.39. The lowest BCUT2D eigenvalue weighted by Gasteiger charge is -2.08. The average molecular weight is 256 g/mol. The highest BCUT2D eigenvalue weighted by molar-refractivity contribution is 5.74. The molecule has 0 aliphatic rings. The predicted molar refractivity (Wildman–Crippen MR) is 76.4 cm³/mol. The number of aromatic hydroxyl groups is 1. The van der Waals surface area contributed by atoms with E-state index in [2.05, 4.69) is 28.6 Å². The van der Waals surface area contributed by atoms with Gasteiger partial charge in [0.05, 0.1) is 6.20 Å². The Morgan fingerprint density at radius 2 is 2.32 bits per heavy atom. The molecule has 0 aliphatic heterocycles.